The Labute approximate surface area is 90.8 Å². The van der Waals surface area contributed by atoms with Crippen molar-refractivity contribution in [3.63, 3.8) is 0 Å². The van der Waals surface area contributed by atoms with Gasteiger partial charge < -0.3 is 5.73 Å². The molecule has 2 aromatic rings. The quantitative estimate of drug-likeness (QED) is 0.630. The predicted molar refractivity (Wildman–Crippen MR) is 63.0 cm³/mol. The van der Waals surface area contributed by atoms with E-state index >= 15 is 0 Å². The van der Waals surface area contributed by atoms with Crippen LogP contribution in [0.2, 0.25) is 0 Å². The molecular weight excluding hydrogens is 214 g/mol. The largest absolute Gasteiger partial charge is 0.383 e. The second-order valence-corrected chi connectivity index (χ2v) is 4.77. The highest BCUT2D eigenvalue weighted by Crippen LogP contribution is 2.29. The maximum atomic E-state index is 5.84. The van der Waals surface area contributed by atoms with E-state index in [1.54, 1.807) is 11.3 Å². The number of hydrogen-bond donors (Lipinski definition) is 1. The number of aryl methyl sites for hydroxylation is 1. The van der Waals surface area contributed by atoms with Crippen molar-refractivity contribution in [2.45, 2.75) is 18.5 Å². The topological polar surface area (TPSA) is 51.8 Å². The summed E-state index contributed by atoms with van der Waals surface area (Å²) in [5.41, 5.74) is 5.84. The third kappa shape index (κ3) is 1.57. The monoisotopic (exact) mass is 225 g/mol. The Bertz CT molecular complexity index is 464. The molecule has 0 aliphatic heterocycles. The minimum absolute atomic E-state index is 0.593. The molecular formula is C9H11N3S2. The Morgan fingerprint density at radius 2 is 2.29 bits per heavy atom. The van der Waals surface area contributed by atoms with E-state index in [0.29, 0.717) is 5.82 Å². The summed E-state index contributed by atoms with van der Waals surface area (Å²) in [6.45, 7) is 2.13. The van der Waals surface area contributed by atoms with E-state index in [2.05, 4.69) is 23.0 Å². The fraction of sp³-hybridized carbons (Fsp3) is 0.333. The van der Waals surface area contributed by atoms with Gasteiger partial charge in [0.25, 0.3) is 0 Å². The minimum Gasteiger partial charge on any atom is -0.383 e. The maximum Gasteiger partial charge on any atom is 0.190 e. The molecule has 0 unspecified atom stereocenters. The molecule has 2 heterocycles. The molecule has 0 aliphatic carbocycles. The molecule has 5 heteroatoms. The van der Waals surface area contributed by atoms with Crippen LogP contribution in [0.5, 0.6) is 0 Å². The van der Waals surface area contributed by atoms with Crippen LogP contribution in [0.15, 0.2) is 11.2 Å². The molecule has 0 fully saturated rings. The number of nitrogens with zero attached hydrogens (tertiary/aromatic N) is 2. The summed E-state index contributed by atoms with van der Waals surface area (Å²) in [5, 5.41) is 1.74. The summed E-state index contributed by atoms with van der Waals surface area (Å²) in [7, 11) is 0. The Hall–Kier alpha value is -0.810. The fourth-order valence-corrected chi connectivity index (χ4v) is 2.64. The second kappa shape index (κ2) is 3.74. The van der Waals surface area contributed by atoms with Crippen LogP contribution >= 0.6 is 23.1 Å². The molecule has 2 rings (SSSR count). The standard InChI is InChI=1S/C9H11N3S2/c1-3-5-4-6-7(10)11-9(13-2)12-8(6)14-5/h4H,3H2,1-2H3,(H2,10,11,12). The van der Waals surface area contributed by atoms with Gasteiger partial charge in [0.2, 0.25) is 0 Å². The molecule has 0 spiro atoms. The van der Waals surface area contributed by atoms with Crippen molar-refractivity contribution < 1.29 is 0 Å². The van der Waals surface area contributed by atoms with Crippen molar-refractivity contribution in [2.75, 3.05) is 12.0 Å². The van der Waals surface area contributed by atoms with Gasteiger partial charge in [0.05, 0.1) is 5.39 Å². The lowest BCUT2D eigenvalue weighted by Gasteiger charge is -1.97. The molecule has 0 amide bonds. The van der Waals surface area contributed by atoms with E-state index < -0.39 is 0 Å². The predicted octanol–water partition coefficient (Wildman–Crippen LogP) is 2.56. The van der Waals surface area contributed by atoms with Crippen LogP contribution in [0, 0.1) is 0 Å². The van der Waals surface area contributed by atoms with E-state index in [4.69, 9.17) is 5.73 Å². The summed E-state index contributed by atoms with van der Waals surface area (Å²) < 4.78 is 0. The van der Waals surface area contributed by atoms with Crippen LogP contribution in [0.1, 0.15) is 11.8 Å². The summed E-state index contributed by atoms with van der Waals surface area (Å²) in [6.07, 6.45) is 2.98. The third-order valence-corrected chi connectivity index (χ3v) is 3.70. The van der Waals surface area contributed by atoms with Gasteiger partial charge in [-0.05, 0) is 18.7 Å². The van der Waals surface area contributed by atoms with Crippen LogP contribution in [-0.2, 0) is 6.42 Å². The Balaban J connectivity index is 2.67. The zero-order valence-electron chi connectivity index (χ0n) is 8.07. The van der Waals surface area contributed by atoms with E-state index in [-0.39, 0.29) is 0 Å². The molecule has 0 saturated heterocycles. The van der Waals surface area contributed by atoms with Crippen LogP contribution in [0.25, 0.3) is 10.2 Å². The van der Waals surface area contributed by atoms with Gasteiger partial charge in [-0.15, -0.1) is 11.3 Å². The number of fused-ring (bicyclic) bond motifs is 1. The van der Waals surface area contributed by atoms with E-state index in [9.17, 15) is 0 Å². The maximum absolute atomic E-state index is 5.84. The number of nitrogens with two attached hydrogens (primary N) is 1. The molecule has 2 N–H and O–H groups in total. The van der Waals surface area contributed by atoms with Gasteiger partial charge in [0.1, 0.15) is 10.6 Å². The molecule has 2 aromatic heterocycles. The van der Waals surface area contributed by atoms with Gasteiger partial charge in [0.15, 0.2) is 5.16 Å². The Morgan fingerprint density at radius 1 is 1.50 bits per heavy atom. The van der Waals surface area contributed by atoms with Gasteiger partial charge in [0, 0.05) is 4.88 Å². The average Bonchev–Trinajstić information content (AvgIpc) is 2.61. The van der Waals surface area contributed by atoms with E-state index in [1.807, 2.05) is 6.26 Å². The number of hydrogen-bond acceptors (Lipinski definition) is 5. The molecule has 0 bridgehead atoms. The van der Waals surface area contributed by atoms with Crippen molar-refractivity contribution in [1.29, 1.82) is 0 Å². The first-order chi connectivity index (χ1) is 6.74. The molecule has 14 heavy (non-hydrogen) atoms. The van der Waals surface area contributed by atoms with Gasteiger partial charge in [-0.3, -0.25) is 0 Å². The summed E-state index contributed by atoms with van der Waals surface area (Å²) in [6, 6.07) is 2.08. The third-order valence-electron chi connectivity index (χ3n) is 1.98. The Kier molecular flexibility index (Phi) is 2.60. The van der Waals surface area contributed by atoms with Crippen LogP contribution < -0.4 is 5.73 Å². The van der Waals surface area contributed by atoms with Crippen LogP contribution in [-0.4, -0.2) is 16.2 Å². The van der Waals surface area contributed by atoms with Crippen molar-refractivity contribution in [2.24, 2.45) is 0 Å². The SMILES string of the molecule is CCc1cc2c(N)nc(SC)nc2s1. The molecule has 3 nitrogen and oxygen atoms in total. The summed E-state index contributed by atoms with van der Waals surface area (Å²) in [5.74, 6) is 0.593. The van der Waals surface area contributed by atoms with E-state index in [1.165, 1.54) is 16.6 Å². The number of thioether (sulfide) groups is 1. The fourth-order valence-electron chi connectivity index (χ4n) is 1.24. The normalized spacial score (nSPS) is 11.0. The molecule has 0 saturated carbocycles. The van der Waals surface area contributed by atoms with Gasteiger partial charge >= 0.3 is 0 Å². The highest BCUT2D eigenvalue weighted by molar-refractivity contribution is 7.98. The van der Waals surface area contributed by atoms with Crippen LogP contribution in [0.4, 0.5) is 5.82 Å². The number of anilines is 1. The first kappa shape index (κ1) is 9.73. The Morgan fingerprint density at radius 3 is 2.93 bits per heavy atom. The number of aromatic nitrogens is 2. The highest BCUT2D eigenvalue weighted by Gasteiger charge is 2.08. The van der Waals surface area contributed by atoms with Crippen molar-refractivity contribution in [3.05, 3.63) is 10.9 Å². The molecule has 0 atom stereocenters. The first-order valence-electron chi connectivity index (χ1n) is 4.34. The van der Waals surface area contributed by atoms with Crippen molar-refractivity contribution in [3.8, 4) is 0 Å². The number of rotatable bonds is 2. The lowest BCUT2D eigenvalue weighted by molar-refractivity contribution is 1.02. The zero-order valence-corrected chi connectivity index (χ0v) is 9.71. The number of thiophene rings is 1. The smallest absolute Gasteiger partial charge is 0.190 e. The van der Waals surface area contributed by atoms with Gasteiger partial charge in [-0.2, -0.15) is 0 Å². The van der Waals surface area contributed by atoms with Gasteiger partial charge in [-0.1, -0.05) is 18.7 Å². The first-order valence-corrected chi connectivity index (χ1v) is 6.38. The zero-order chi connectivity index (χ0) is 10.1. The average molecular weight is 225 g/mol. The second-order valence-electron chi connectivity index (χ2n) is 2.88. The lowest BCUT2D eigenvalue weighted by Crippen LogP contribution is -1.94. The molecule has 74 valence electrons. The number of nitrogen functional groups attached to an aromatic ring is 1. The van der Waals surface area contributed by atoms with E-state index in [0.717, 1.165) is 21.8 Å². The minimum atomic E-state index is 0.593. The lowest BCUT2D eigenvalue weighted by atomic mass is 10.3. The summed E-state index contributed by atoms with van der Waals surface area (Å²) >= 11 is 3.22. The van der Waals surface area contributed by atoms with Crippen molar-refractivity contribution >= 4 is 39.1 Å². The van der Waals surface area contributed by atoms with Crippen molar-refractivity contribution in [1.82, 2.24) is 9.97 Å². The van der Waals surface area contributed by atoms with Gasteiger partial charge in [-0.25, -0.2) is 9.97 Å². The highest BCUT2D eigenvalue weighted by atomic mass is 32.2. The van der Waals surface area contributed by atoms with Crippen LogP contribution in [0.3, 0.4) is 0 Å². The molecule has 0 aromatic carbocycles. The molecule has 0 radical (unpaired) electrons. The summed E-state index contributed by atoms with van der Waals surface area (Å²) in [4.78, 5) is 10.9. The molecule has 0 aliphatic rings.